The molecule has 9 heteroatoms. The highest BCUT2D eigenvalue weighted by molar-refractivity contribution is 9.10. The van der Waals surface area contributed by atoms with E-state index in [1.54, 1.807) is 42.3 Å². The summed E-state index contributed by atoms with van der Waals surface area (Å²) in [7, 11) is 1.69. The van der Waals surface area contributed by atoms with Crippen LogP contribution in [0.25, 0.3) is 0 Å². The molecule has 1 saturated carbocycles. The van der Waals surface area contributed by atoms with Gasteiger partial charge in [0.15, 0.2) is 0 Å². The van der Waals surface area contributed by atoms with E-state index >= 15 is 0 Å². The van der Waals surface area contributed by atoms with Gasteiger partial charge in [0.25, 0.3) is 0 Å². The fourth-order valence-corrected chi connectivity index (χ4v) is 6.19. The van der Waals surface area contributed by atoms with Gasteiger partial charge in [0.2, 0.25) is 17.7 Å². The molecule has 1 saturated heterocycles. The van der Waals surface area contributed by atoms with Crippen LogP contribution in [0.15, 0.2) is 71.2 Å². The molecule has 1 aliphatic carbocycles. The number of anilines is 1. The molecule has 202 valence electrons. The SMILES string of the molecule is CC1CCC(C(=O)N(C)Cc2ccc(Br)cc2Oc2ccc(F)c(Cl)c2)C2C(=O)N(c3ccccc3)C(=O)C12. The Kier molecular flexibility index (Phi) is 7.78. The predicted molar refractivity (Wildman–Crippen MR) is 150 cm³/mol. The molecular formula is C30H27BrClFN2O4. The summed E-state index contributed by atoms with van der Waals surface area (Å²) in [6, 6.07) is 18.4. The highest BCUT2D eigenvalue weighted by Crippen LogP contribution is 2.47. The molecule has 0 N–H and O–H groups in total. The summed E-state index contributed by atoms with van der Waals surface area (Å²) < 4.78 is 20.4. The molecular weight excluding hydrogens is 587 g/mol. The van der Waals surface area contributed by atoms with Gasteiger partial charge in [-0.2, -0.15) is 0 Å². The number of hydrogen-bond acceptors (Lipinski definition) is 4. The number of ether oxygens (including phenoxy) is 1. The van der Waals surface area contributed by atoms with Crippen LogP contribution in [0.4, 0.5) is 10.1 Å². The molecule has 4 unspecified atom stereocenters. The summed E-state index contributed by atoms with van der Waals surface area (Å²) in [6.07, 6.45) is 1.22. The van der Waals surface area contributed by atoms with Crippen LogP contribution in [0, 0.1) is 29.5 Å². The third kappa shape index (κ3) is 5.32. The minimum atomic E-state index is -0.696. The Morgan fingerprint density at radius 3 is 2.49 bits per heavy atom. The summed E-state index contributed by atoms with van der Waals surface area (Å²) in [4.78, 5) is 43.7. The number of nitrogens with zero attached hydrogens (tertiary/aromatic N) is 2. The molecule has 0 aromatic heterocycles. The standard InChI is InChI=1S/C30H27BrClFN2O4/c1-17-8-12-22(27-26(17)29(37)35(30(27)38)20-6-4-3-5-7-20)28(36)34(2)16-18-9-10-19(31)14-25(18)39-21-11-13-24(33)23(32)15-21/h3-7,9-11,13-15,17,22,26-27H,8,12,16H2,1-2H3. The zero-order chi connectivity index (χ0) is 27.8. The summed E-state index contributed by atoms with van der Waals surface area (Å²) in [5, 5.41) is -0.0576. The van der Waals surface area contributed by atoms with Crippen molar-refractivity contribution < 1.29 is 23.5 Å². The van der Waals surface area contributed by atoms with Crippen molar-refractivity contribution in [3.05, 3.63) is 87.6 Å². The molecule has 6 nitrogen and oxygen atoms in total. The first-order valence-corrected chi connectivity index (χ1v) is 13.9. The zero-order valence-corrected chi connectivity index (χ0v) is 23.8. The molecule has 4 atom stereocenters. The molecule has 3 aromatic rings. The minimum Gasteiger partial charge on any atom is -0.457 e. The van der Waals surface area contributed by atoms with Crippen LogP contribution in [0.3, 0.4) is 0 Å². The van der Waals surface area contributed by atoms with E-state index in [0.29, 0.717) is 30.0 Å². The number of para-hydroxylation sites is 1. The maximum Gasteiger partial charge on any atom is 0.238 e. The van der Waals surface area contributed by atoms with Gasteiger partial charge in [-0.3, -0.25) is 19.3 Å². The van der Waals surface area contributed by atoms with Crippen molar-refractivity contribution in [2.24, 2.45) is 23.7 Å². The summed E-state index contributed by atoms with van der Waals surface area (Å²) in [6.45, 7) is 2.19. The van der Waals surface area contributed by atoms with Gasteiger partial charge in [0, 0.05) is 29.7 Å². The predicted octanol–water partition coefficient (Wildman–Crippen LogP) is 6.84. The lowest BCUT2D eigenvalue weighted by Gasteiger charge is -2.36. The van der Waals surface area contributed by atoms with Crippen molar-refractivity contribution in [2.45, 2.75) is 26.3 Å². The molecule has 0 radical (unpaired) electrons. The maximum absolute atomic E-state index is 13.8. The Bertz CT molecular complexity index is 1440. The number of amides is 3. The van der Waals surface area contributed by atoms with Gasteiger partial charge in [-0.25, -0.2) is 4.39 Å². The van der Waals surface area contributed by atoms with Crippen LogP contribution in [-0.2, 0) is 20.9 Å². The van der Waals surface area contributed by atoms with E-state index in [2.05, 4.69) is 15.9 Å². The number of benzene rings is 3. The van der Waals surface area contributed by atoms with Crippen molar-refractivity contribution in [1.82, 2.24) is 4.90 Å². The van der Waals surface area contributed by atoms with Crippen LogP contribution >= 0.6 is 27.5 Å². The Labute approximate surface area is 239 Å². The molecule has 0 spiro atoms. The molecule has 0 bridgehead atoms. The zero-order valence-electron chi connectivity index (χ0n) is 21.4. The molecule has 39 heavy (non-hydrogen) atoms. The normalized spacial score (nSPS) is 22.5. The monoisotopic (exact) mass is 612 g/mol. The first-order chi connectivity index (χ1) is 18.7. The summed E-state index contributed by atoms with van der Waals surface area (Å²) >= 11 is 9.36. The topological polar surface area (TPSA) is 66.9 Å². The van der Waals surface area contributed by atoms with Crippen LogP contribution in [0.2, 0.25) is 5.02 Å². The number of imide groups is 1. The van der Waals surface area contributed by atoms with E-state index in [4.69, 9.17) is 16.3 Å². The molecule has 1 heterocycles. The van der Waals surface area contributed by atoms with Gasteiger partial charge in [-0.15, -0.1) is 0 Å². The molecule has 3 aromatic carbocycles. The van der Waals surface area contributed by atoms with Crippen molar-refractivity contribution >= 4 is 50.9 Å². The Hall–Kier alpha value is -3.23. The first kappa shape index (κ1) is 27.3. The van der Waals surface area contributed by atoms with E-state index in [9.17, 15) is 18.8 Å². The summed E-state index contributed by atoms with van der Waals surface area (Å²) in [5.74, 6) is -2.26. The Morgan fingerprint density at radius 1 is 1.05 bits per heavy atom. The average molecular weight is 614 g/mol. The average Bonchev–Trinajstić information content (AvgIpc) is 3.19. The van der Waals surface area contributed by atoms with Gasteiger partial charge in [-0.1, -0.05) is 58.7 Å². The third-order valence-corrected chi connectivity index (χ3v) is 8.42. The maximum atomic E-state index is 13.8. The minimum absolute atomic E-state index is 0.00327. The van der Waals surface area contributed by atoms with E-state index in [1.165, 1.54) is 23.1 Å². The van der Waals surface area contributed by atoms with Crippen molar-refractivity contribution in [3.8, 4) is 11.5 Å². The molecule has 5 rings (SSSR count). The van der Waals surface area contributed by atoms with Crippen LogP contribution in [-0.4, -0.2) is 29.7 Å². The van der Waals surface area contributed by atoms with E-state index in [0.717, 1.165) is 10.0 Å². The van der Waals surface area contributed by atoms with Crippen molar-refractivity contribution in [2.75, 3.05) is 11.9 Å². The highest BCUT2D eigenvalue weighted by Gasteiger charge is 2.57. The number of carbonyl (C=O) groups excluding carboxylic acids is 3. The van der Waals surface area contributed by atoms with Crippen LogP contribution < -0.4 is 9.64 Å². The molecule has 2 aliphatic rings. The fraction of sp³-hybridized carbons (Fsp3) is 0.300. The molecule has 2 fully saturated rings. The first-order valence-electron chi connectivity index (χ1n) is 12.7. The van der Waals surface area contributed by atoms with E-state index in [1.807, 2.05) is 25.1 Å². The van der Waals surface area contributed by atoms with Gasteiger partial charge < -0.3 is 9.64 Å². The second-order valence-electron chi connectivity index (χ2n) is 10.2. The lowest BCUT2D eigenvalue weighted by molar-refractivity contribution is -0.143. The van der Waals surface area contributed by atoms with E-state index < -0.39 is 23.6 Å². The number of carbonyl (C=O) groups is 3. The summed E-state index contributed by atoms with van der Waals surface area (Å²) in [5.41, 5.74) is 1.25. The second-order valence-corrected chi connectivity index (χ2v) is 11.5. The Morgan fingerprint density at radius 2 is 1.77 bits per heavy atom. The third-order valence-electron chi connectivity index (χ3n) is 7.64. The second kappa shape index (κ2) is 11.1. The van der Waals surface area contributed by atoms with Gasteiger partial charge in [0.1, 0.15) is 17.3 Å². The number of hydrogen-bond donors (Lipinski definition) is 0. The molecule has 3 amide bonds. The van der Waals surface area contributed by atoms with Gasteiger partial charge in [0.05, 0.1) is 28.5 Å². The van der Waals surface area contributed by atoms with E-state index in [-0.39, 0.29) is 35.2 Å². The largest absolute Gasteiger partial charge is 0.457 e. The number of rotatable bonds is 6. The van der Waals surface area contributed by atoms with Crippen molar-refractivity contribution in [3.63, 3.8) is 0 Å². The molecule has 1 aliphatic heterocycles. The number of fused-ring (bicyclic) bond motifs is 1. The van der Waals surface area contributed by atoms with Crippen molar-refractivity contribution in [1.29, 1.82) is 0 Å². The van der Waals surface area contributed by atoms with Gasteiger partial charge >= 0.3 is 0 Å². The van der Waals surface area contributed by atoms with Crippen LogP contribution in [0.5, 0.6) is 11.5 Å². The lowest BCUT2D eigenvalue weighted by Crippen LogP contribution is -2.44. The van der Waals surface area contributed by atoms with Gasteiger partial charge in [-0.05, 0) is 55.2 Å². The number of halogens is 3. The highest BCUT2D eigenvalue weighted by atomic mass is 79.9. The fourth-order valence-electron chi connectivity index (χ4n) is 5.68. The lowest BCUT2D eigenvalue weighted by atomic mass is 9.68. The van der Waals surface area contributed by atoms with Crippen LogP contribution in [0.1, 0.15) is 25.3 Å². The Balaban J connectivity index is 1.38. The smallest absolute Gasteiger partial charge is 0.238 e. The quantitative estimate of drug-likeness (QED) is 0.286.